The number of benzene rings is 1. The number of hydrogen-bond acceptors (Lipinski definition) is 5. The molecule has 0 amide bonds. The van der Waals surface area contributed by atoms with Crippen LogP contribution in [0.4, 0.5) is 0 Å². The van der Waals surface area contributed by atoms with E-state index in [1.165, 1.54) is 12.1 Å². The average Bonchev–Trinajstić information content (AvgIpc) is 2.75. The highest BCUT2D eigenvalue weighted by molar-refractivity contribution is 7.09. The molecule has 100 valence electrons. The molecule has 1 N–H and O–H groups in total. The van der Waals surface area contributed by atoms with Crippen LogP contribution in [0.2, 0.25) is 0 Å². The summed E-state index contributed by atoms with van der Waals surface area (Å²) in [6, 6.07) is 6.32. The van der Waals surface area contributed by atoms with Gasteiger partial charge in [0.25, 0.3) is 0 Å². The van der Waals surface area contributed by atoms with E-state index in [1.807, 2.05) is 24.3 Å². The van der Waals surface area contributed by atoms with Crippen LogP contribution in [0.3, 0.4) is 0 Å². The van der Waals surface area contributed by atoms with Crippen LogP contribution in [0.15, 0.2) is 29.6 Å². The fourth-order valence-electron chi connectivity index (χ4n) is 1.80. The SMILES string of the molecule is Cc1nc(CN(C)CC(=O)c2ccc(O)cc2)cs1. The predicted molar refractivity (Wildman–Crippen MR) is 75.6 cm³/mol. The van der Waals surface area contributed by atoms with Gasteiger partial charge < -0.3 is 5.11 Å². The van der Waals surface area contributed by atoms with Crippen LogP contribution in [0.5, 0.6) is 5.75 Å². The number of thiazole rings is 1. The minimum absolute atomic E-state index is 0.0365. The summed E-state index contributed by atoms with van der Waals surface area (Å²) in [6.07, 6.45) is 0. The summed E-state index contributed by atoms with van der Waals surface area (Å²) < 4.78 is 0. The van der Waals surface area contributed by atoms with Gasteiger partial charge >= 0.3 is 0 Å². The van der Waals surface area contributed by atoms with E-state index in [9.17, 15) is 9.90 Å². The third-order valence-corrected chi connectivity index (χ3v) is 3.52. The van der Waals surface area contributed by atoms with Crippen molar-refractivity contribution in [1.29, 1.82) is 0 Å². The Hall–Kier alpha value is -1.72. The first-order valence-corrected chi connectivity index (χ1v) is 6.84. The highest BCUT2D eigenvalue weighted by Gasteiger charge is 2.10. The molecule has 0 aliphatic rings. The van der Waals surface area contributed by atoms with Crippen LogP contribution < -0.4 is 0 Å². The largest absolute Gasteiger partial charge is 0.508 e. The Labute approximate surface area is 116 Å². The first-order chi connectivity index (χ1) is 9.04. The number of carbonyl (C=O) groups excluding carboxylic acids is 1. The molecular weight excluding hydrogens is 260 g/mol. The average molecular weight is 276 g/mol. The van der Waals surface area contributed by atoms with Crippen LogP contribution in [-0.4, -0.2) is 34.4 Å². The van der Waals surface area contributed by atoms with Gasteiger partial charge in [0.1, 0.15) is 5.75 Å². The van der Waals surface area contributed by atoms with Gasteiger partial charge in [0.05, 0.1) is 17.2 Å². The molecule has 0 fully saturated rings. The molecule has 0 aliphatic heterocycles. The lowest BCUT2D eigenvalue weighted by Crippen LogP contribution is -2.25. The molecule has 0 unspecified atom stereocenters. The maximum atomic E-state index is 12.0. The Bertz CT molecular complexity index is 563. The fraction of sp³-hybridized carbons (Fsp3) is 0.286. The van der Waals surface area contributed by atoms with Crippen LogP contribution in [-0.2, 0) is 6.54 Å². The van der Waals surface area contributed by atoms with Crippen LogP contribution in [0.1, 0.15) is 21.1 Å². The van der Waals surface area contributed by atoms with E-state index in [0.717, 1.165) is 10.7 Å². The number of rotatable bonds is 5. The molecule has 0 radical (unpaired) electrons. The zero-order chi connectivity index (χ0) is 13.8. The number of carbonyl (C=O) groups is 1. The number of phenols is 1. The Balaban J connectivity index is 1.93. The van der Waals surface area contributed by atoms with Gasteiger partial charge in [-0.05, 0) is 38.2 Å². The van der Waals surface area contributed by atoms with Gasteiger partial charge in [0.15, 0.2) is 5.78 Å². The van der Waals surface area contributed by atoms with Crippen molar-refractivity contribution in [3.05, 3.63) is 45.9 Å². The van der Waals surface area contributed by atoms with E-state index in [-0.39, 0.29) is 11.5 Å². The zero-order valence-corrected chi connectivity index (χ0v) is 11.8. The summed E-state index contributed by atoms with van der Waals surface area (Å²) in [7, 11) is 1.90. The van der Waals surface area contributed by atoms with Crippen molar-refractivity contribution in [2.24, 2.45) is 0 Å². The van der Waals surface area contributed by atoms with Gasteiger partial charge in [-0.25, -0.2) is 4.98 Å². The van der Waals surface area contributed by atoms with E-state index in [4.69, 9.17) is 0 Å². The number of hydrogen-bond donors (Lipinski definition) is 1. The Morgan fingerprint density at radius 1 is 1.37 bits per heavy atom. The van der Waals surface area contributed by atoms with E-state index in [0.29, 0.717) is 18.7 Å². The van der Waals surface area contributed by atoms with Crippen molar-refractivity contribution in [2.75, 3.05) is 13.6 Å². The monoisotopic (exact) mass is 276 g/mol. The Morgan fingerprint density at radius 2 is 2.05 bits per heavy atom. The quantitative estimate of drug-likeness (QED) is 0.852. The highest BCUT2D eigenvalue weighted by Crippen LogP contribution is 2.12. The van der Waals surface area contributed by atoms with Gasteiger partial charge in [-0.15, -0.1) is 11.3 Å². The summed E-state index contributed by atoms with van der Waals surface area (Å²) in [6.45, 7) is 2.96. The first-order valence-electron chi connectivity index (χ1n) is 5.96. The summed E-state index contributed by atoms with van der Waals surface area (Å²) in [5.41, 5.74) is 1.60. The third-order valence-electron chi connectivity index (χ3n) is 2.70. The number of nitrogens with zero attached hydrogens (tertiary/aromatic N) is 2. The molecular formula is C14H16N2O2S. The van der Waals surface area contributed by atoms with Gasteiger partial charge in [0.2, 0.25) is 0 Å². The molecule has 1 heterocycles. The van der Waals surface area contributed by atoms with E-state index >= 15 is 0 Å². The minimum atomic E-state index is 0.0365. The topological polar surface area (TPSA) is 53.4 Å². The number of aryl methyl sites for hydroxylation is 1. The molecule has 5 heteroatoms. The second-order valence-electron chi connectivity index (χ2n) is 4.50. The van der Waals surface area contributed by atoms with Crippen molar-refractivity contribution in [3.8, 4) is 5.75 Å². The van der Waals surface area contributed by atoms with Crippen molar-refractivity contribution < 1.29 is 9.90 Å². The van der Waals surface area contributed by atoms with Crippen LogP contribution in [0, 0.1) is 6.92 Å². The van der Waals surface area contributed by atoms with E-state index in [1.54, 1.807) is 23.5 Å². The van der Waals surface area contributed by atoms with E-state index < -0.39 is 0 Å². The smallest absolute Gasteiger partial charge is 0.176 e. The molecule has 19 heavy (non-hydrogen) atoms. The Morgan fingerprint density at radius 3 is 2.63 bits per heavy atom. The number of aromatic hydroxyl groups is 1. The minimum Gasteiger partial charge on any atom is -0.508 e. The normalized spacial score (nSPS) is 10.9. The maximum Gasteiger partial charge on any atom is 0.176 e. The summed E-state index contributed by atoms with van der Waals surface area (Å²) >= 11 is 1.61. The molecule has 4 nitrogen and oxygen atoms in total. The molecule has 0 spiro atoms. The summed E-state index contributed by atoms with van der Waals surface area (Å²) in [5.74, 6) is 0.206. The van der Waals surface area contributed by atoms with Gasteiger partial charge in [-0.3, -0.25) is 9.69 Å². The molecule has 1 aromatic carbocycles. The fourth-order valence-corrected chi connectivity index (χ4v) is 2.40. The van der Waals surface area contributed by atoms with Gasteiger partial charge in [-0.1, -0.05) is 0 Å². The van der Waals surface area contributed by atoms with Crippen LogP contribution >= 0.6 is 11.3 Å². The zero-order valence-electron chi connectivity index (χ0n) is 11.0. The maximum absolute atomic E-state index is 12.0. The highest BCUT2D eigenvalue weighted by atomic mass is 32.1. The predicted octanol–water partition coefficient (Wildman–Crippen LogP) is 2.47. The molecule has 2 aromatic rings. The second-order valence-corrected chi connectivity index (χ2v) is 5.56. The lowest BCUT2D eigenvalue weighted by molar-refractivity contribution is 0.0942. The number of phenolic OH excluding ortho intramolecular Hbond substituents is 1. The molecule has 0 atom stereocenters. The lowest BCUT2D eigenvalue weighted by atomic mass is 10.1. The van der Waals surface area contributed by atoms with Crippen molar-refractivity contribution in [1.82, 2.24) is 9.88 Å². The number of ketones is 1. The molecule has 0 saturated carbocycles. The number of likely N-dealkylation sites (N-methyl/N-ethyl adjacent to an activating group) is 1. The Kier molecular flexibility index (Phi) is 4.29. The molecule has 2 rings (SSSR count). The molecule has 0 saturated heterocycles. The standard InChI is InChI=1S/C14H16N2O2S/c1-10-15-12(9-19-10)7-16(2)8-14(18)11-3-5-13(17)6-4-11/h3-6,9,17H,7-8H2,1-2H3. The number of Topliss-reactive ketones (excluding diaryl/α,β-unsaturated/α-hetero) is 1. The van der Waals surface area contributed by atoms with E-state index in [2.05, 4.69) is 4.98 Å². The van der Waals surface area contributed by atoms with Crippen molar-refractivity contribution in [2.45, 2.75) is 13.5 Å². The van der Waals surface area contributed by atoms with Crippen molar-refractivity contribution in [3.63, 3.8) is 0 Å². The third kappa shape index (κ3) is 3.87. The number of aromatic nitrogens is 1. The molecule has 0 aliphatic carbocycles. The lowest BCUT2D eigenvalue weighted by Gasteiger charge is -2.14. The van der Waals surface area contributed by atoms with Gasteiger partial charge in [-0.2, -0.15) is 0 Å². The summed E-state index contributed by atoms with van der Waals surface area (Å²) in [4.78, 5) is 18.3. The van der Waals surface area contributed by atoms with Crippen molar-refractivity contribution >= 4 is 17.1 Å². The van der Waals surface area contributed by atoms with Crippen LogP contribution in [0.25, 0.3) is 0 Å². The molecule has 1 aromatic heterocycles. The summed E-state index contributed by atoms with van der Waals surface area (Å²) in [5, 5.41) is 12.2. The van der Waals surface area contributed by atoms with Gasteiger partial charge in [0, 0.05) is 17.5 Å². The molecule has 0 bridgehead atoms. The second kappa shape index (κ2) is 5.95. The first kappa shape index (κ1) is 13.7.